The molecule has 0 amide bonds. The summed E-state index contributed by atoms with van der Waals surface area (Å²) in [5.74, 6) is 0.926. The lowest BCUT2D eigenvalue weighted by Gasteiger charge is -2.26. The number of hydrogen-bond donors (Lipinski definition) is 3. The molecule has 0 aromatic heterocycles. The number of nitrogens with two attached hydrogens (primary N) is 1. The van der Waals surface area contributed by atoms with Crippen LogP contribution >= 0.6 is 0 Å². The largest absolute Gasteiger partial charge is 0.496 e. The number of benzene rings is 1. The van der Waals surface area contributed by atoms with Gasteiger partial charge >= 0.3 is 0 Å². The van der Waals surface area contributed by atoms with Gasteiger partial charge in [-0.25, -0.2) is 0 Å². The highest BCUT2D eigenvalue weighted by atomic mass is 16.5. The standard InChI is InChI=1S/C15H23N3O2/c1-15(7-3-4-8-15)17-10-12-9-11(14(16)18-19)5-6-13(12)20-2/h5-6,9,17,19H,3-4,7-8,10H2,1-2H3,(H2,16,18). The topological polar surface area (TPSA) is 79.9 Å². The molecule has 20 heavy (non-hydrogen) atoms. The third-order valence-corrected chi connectivity index (χ3v) is 4.10. The molecule has 110 valence electrons. The molecular weight excluding hydrogens is 254 g/mol. The van der Waals surface area contributed by atoms with Crippen LogP contribution in [0.15, 0.2) is 23.4 Å². The molecular formula is C15H23N3O2. The Hall–Kier alpha value is -1.75. The number of amidine groups is 1. The Morgan fingerprint density at radius 3 is 2.75 bits per heavy atom. The molecule has 0 bridgehead atoms. The first-order chi connectivity index (χ1) is 9.58. The van der Waals surface area contributed by atoms with Crippen LogP contribution in [0.1, 0.15) is 43.7 Å². The van der Waals surface area contributed by atoms with Gasteiger partial charge in [0.2, 0.25) is 0 Å². The Morgan fingerprint density at radius 1 is 1.45 bits per heavy atom. The van der Waals surface area contributed by atoms with Crippen molar-refractivity contribution >= 4 is 5.84 Å². The van der Waals surface area contributed by atoms with Gasteiger partial charge in [-0.1, -0.05) is 18.0 Å². The molecule has 1 saturated carbocycles. The smallest absolute Gasteiger partial charge is 0.170 e. The summed E-state index contributed by atoms with van der Waals surface area (Å²) in [5, 5.41) is 15.4. The molecule has 0 aliphatic heterocycles. The molecule has 0 unspecified atom stereocenters. The first-order valence-electron chi connectivity index (χ1n) is 6.98. The van der Waals surface area contributed by atoms with E-state index in [0.717, 1.165) is 11.3 Å². The molecule has 1 fully saturated rings. The molecule has 0 atom stereocenters. The Labute approximate surface area is 119 Å². The summed E-state index contributed by atoms with van der Waals surface area (Å²) in [6.45, 7) is 2.98. The summed E-state index contributed by atoms with van der Waals surface area (Å²) < 4.78 is 5.38. The zero-order valence-corrected chi connectivity index (χ0v) is 12.1. The predicted octanol–water partition coefficient (Wildman–Crippen LogP) is 2.21. The zero-order valence-electron chi connectivity index (χ0n) is 12.1. The van der Waals surface area contributed by atoms with Crippen LogP contribution in [0.25, 0.3) is 0 Å². The minimum Gasteiger partial charge on any atom is -0.496 e. The average molecular weight is 277 g/mol. The second kappa shape index (κ2) is 6.13. The number of hydrogen-bond acceptors (Lipinski definition) is 4. The van der Waals surface area contributed by atoms with Crippen molar-refractivity contribution in [3.8, 4) is 5.75 Å². The molecule has 1 aromatic rings. The zero-order chi connectivity index (χ0) is 14.6. The van der Waals surface area contributed by atoms with Crippen LogP contribution in [0.5, 0.6) is 5.75 Å². The summed E-state index contributed by atoms with van der Waals surface area (Å²) in [5.41, 5.74) is 7.56. The van der Waals surface area contributed by atoms with Crippen molar-refractivity contribution in [3.63, 3.8) is 0 Å². The van der Waals surface area contributed by atoms with Gasteiger partial charge in [0, 0.05) is 23.2 Å². The van der Waals surface area contributed by atoms with Gasteiger partial charge in [0.05, 0.1) is 7.11 Å². The van der Waals surface area contributed by atoms with Crippen LogP contribution in [0.3, 0.4) is 0 Å². The summed E-state index contributed by atoms with van der Waals surface area (Å²) in [6.07, 6.45) is 4.97. The van der Waals surface area contributed by atoms with Crippen LogP contribution in [0, 0.1) is 0 Å². The monoisotopic (exact) mass is 277 g/mol. The molecule has 5 nitrogen and oxygen atoms in total. The molecule has 5 heteroatoms. The minimum atomic E-state index is 0.112. The summed E-state index contributed by atoms with van der Waals surface area (Å²) >= 11 is 0. The lowest BCUT2D eigenvalue weighted by atomic mass is 9.99. The fourth-order valence-corrected chi connectivity index (χ4v) is 2.77. The Bertz CT molecular complexity index is 494. The van der Waals surface area contributed by atoms with Crippen molar-refractivity contribution in [2.75, 3.05) is 7.11 Å². The third kappa shape index (κ3) is 3.22. The van der Waals surface area contributed by atoms with E-state index in [4.69, 9.17) is 15.7 Å². The second-order valence-corrected chi connectivity index (χ2v) is 5.63. The van der Waals surface area contributed by atoms with Gasteiger partial charge in [0.15, 0.2) is 5.84 Å². The first-order valence-corrected chi connectivity index (χ1v) is 6.98. The average Bonchev–Trinajstić information content (AvgIpc) is 2.91. The summed E-state index contributed by atoms with van der Waals surface area (Å²) in [6, 6.07) is 5.54. The van der Waals surface area contributed by atoms with Crippen molar-refractivity contribution in [2.24, 2.45) is 10.9 Å². The number of nitrogens with one attached hydrogen (secondary N) is 1. The molecule has 0 saturated heterocycles. The highest BCUT2D eigenvalue weighted by Crippen LogP contribution is 2.30. The van der Waals surface area contributed by atoms with Crippen molar-refractivity contribution in [1.29, 1.82) is 0 Å². The van der Waals surface area contributed by atoms with E-state index < -0.39 is 0 Å². The van der Waals surface area contributed by atoms with Crippen LogP contribution in [0.2, 0.25) is 0 Å². The first kappa shape index (κ1) is 14.7. The van der Waals surface area contributed by atoms with E-state index in [9.17, 15) is 0 Å². The van der Waals surface area contributed by atoms with E-state index in [-0.39, 0.29) is 11.4 Å². The maximum atomic E-state index is 8.77. The van der Waals surface area contributed by atoms with Gasteiger partial charge in [-0.15, -0.1) is 0 Å². The van der Waals surface area contributed by atoms with Gasteiger partial charge in [0.1, 0.15) is 5.75 Å². The maximum absolute atomic E-state index is 8.77. The molecule has 4 N–H and O–H groups in total. The Balaban J connectivity index is 2.16. The van der Waals surface area contributed by atoms with Crippen LogP contribution < -0.4 is 15.8 Å². The maximum Gasteiger partial charge on any atom is 0.170 e. The van der Waals surface area contributed by atoms with Gasteiger partial charge < -0.3 is 21.0 Å². The Kier molecular flexibility index (Phi) is 4.49. The molecule has 1 aromatic carbocycles. The quantitative estimate of drug-likeness (QED) is 0.334. The third-order valence-electron chi connectivity index (χ3n) is 4.10. The Morgan fingerprint density at radius 2 is 2.15 bits per heavy atom. The van der Waals surface area contributed by atoms with Crippen molar-refractivity contribution < 1.29 is 9.94 Å². The molecule has 0 radical (unpaired) electrons. The van der Waals surface area contributed by atoms with Crippen molar-refractivity contribution in [1.82, 2.24) is 5.32 Å². The van der Waals surface area contributed by atoms with Crippen molar-refractivity contribution in [3.05, 3.63) is 29.3 Å². The normalized spacial score (nSPS) is 18.2. The minimum absolute atomic E-state index is 0.112. The van der Waals surface area contributed by atoms with Crippen LogP contribution in [0.4, 0.5) is 0 Å². The molecule has 2 rings (SSSR count). The number of methoxy groups -OCH3 is 1. The lowest BCUT2D eigenvalue weighted by molar-refractivity contribution is 0.318. The number of oxime groups is 1. The highest BCUT2D eigenvalue weighted by molar-refractivity contribution is 5.97. The van der Waals surface area contributed by atoms with Gasteiger partial charge in [-0.3, -0.25) is 0 Å². The van der Waals surface area contributed by atoms with Gasteiger partial charge in [-0.2, -0.15) is 0 Å². The number of nitrogens with zero attached hydrogens (tertiary/aromatic N) is 1. The number of rotatable bonds is 5. The highest BCUT2D eigenvalue weighted by Gasteiger charge is 2.27. The van der Waals surface area contributed by atoms with Crippen molar-refractivity contribution in [2.45, 2.75) is 44.7 Å². The summed E-state index contributed by atoms with van der Waals surface area (Å²) in [7, 11) is 1.65. The van der Waals surface area contributed by atoms with E-state index in [0.29, 0.717) is 12.1 Å². The van der Waals surface area contributed by atoms with Crippen LogP contribution in [-0.2, 0) is 6.54 Å². The fraction of sp³-hybridized carbons (Fsp3) is 0.533. The molecule has 1 aliphatic carbocycles. The van der Waals surface area contributed by atoms with E-state index in [1.165, 1.54) is 25.7 Å². The van der Waals surface area contributed by atoms with Gasteiger partial charge in [-0.05, 0) is 38.0 Å². The van der Waals surface area contributed by atoms with E-state index >= 15 is 0 Å². The SMILES string of the molecule is COc1ccc(/C(N)=N/O)cc1CNC1(C)CCCC1. The molecule has 0 heterocycles. The second-order valence-electron chi connectivity index (χ2n) is 5.63. The van der Waals surface area contributed by atoms with E-state index in [1.807, 2.05) is 12.1 Å². The van der Waals surface area contributed by atoms with E-state index in [1.54, 1.807) is 13.2 Å². The van der Waals surface area contributed by atoms with Crippen LogP contribution in [-0.4, -0.2) is 23.7 Å². The number of ether oxygens (including phenoxy) is 1. The molecule has 0 spiro atoms. The lowest BCUT2D eigenvalue weighted by Crippen LogP contribution is -2.38. The fourth-order valence-electron chi connectivity index (χ4n) is 2.77. The molecule has 1 aliphatic rings. The summed E-state index contributed by atoms with van der Waals surface area (Å²) in [4.78, 5) is 0. The van der Waals surface area contributed by atoms with E-state index in [2.05, 4.69) is 17.4 Å². The van der Waals surface area contributed by atoms with Gasteiger partial charge in [0.25, 0.3) is 0 Å². The predicted molar refractivity (Wildman–Crippen MR) is 79.2 cm³/mol.